The minimum atomic E-state index is 0.00783. The minimum absolute atomic E-state index is 0.00783. The molecule has 0 amide bonds. The Labute approximate surface area is 112 Å². The lowest BCUT2D eigenvalue weighted by Gasteiger charge is -2.01. The number of benzene rings is 1. The zero-order chi connectivity index (χ0) is 12.3. The van der Waals surface area contributed by atoms with Gasteiger partial charge in [0, 0.05) is 5.56 Å². The fraction of sp³-hybridized carbons (Fsp3) is 0.182. The third kappa shape index (κ3) is 3.28. The zero-order valence-electron chi connectivity index (χ0n) is 9.01. The minimum Gasteiger partial charge on any atom is -0.293 e. The van der Waals surface area contributed by atoms with E-state index in [1.807, 2.05) is 6.92 Å². The first kappa shape index (κ1) is 12.5. The van der Waals surface area contributed by atoms with Crippen LogP contribution in [-0.4, -0.2) is 20.9 Å². The van der Waals surface area contributed by atoms with Crippen LogP contribution >= 0.6 is 34.9 Å². The van der Waals surface area contributed by atoms with E-state index in [4.69, 9.17) is 11.6 Å². The summed E-state index contributed by atoms with van der Waals surface area (Å²) in [6.07, 6.45) is 0. The van der Waals surface area contributed by atoms with Crippen LogP contribution < -0.4 is 0 Å². The van der Waals surface area contributed by atoms with E-state index in [0.29, 0.717) is 16.3 Å². The molecular weight excluding hydrogens is 276 g/mol. The van der Waals surface area contributed by atoms with Crippen LogP contribution in [0.1, 0.15) is 16.2 Å². The fourth-order valence-corrected chi connectivity index (χ4v) is 3.00. The monoisotopic (exact) mass is 284 g/mol. The Bertz CT molecular complexity index is 542. The number of hydrogen-bond acceptors (Lipinski definition) is 5. The molecule has 0 aliphatic heterocycles. The van der Waals surface area contributed by atoms with Crippen molar-refractivity contribution in [2.45, 2.75) is 11.3 Å². The van der Waals surface area contributed by atoms with Crippen LogP contribution in [-0.2, 0) is 0 Å². The predicted octanol–water partition coefficient (Wildman–Crippen LogP) is 3.47. The third-order valence-corrected chi connectivity index (χ3v) is 4.26. The summed E-state index contributed by atoms with van der Waals surface area (Å²) in [7, 11) is 0. The van der Waals surface area contributed by atoms with Gasteiger partial charge in [0.05, 0.1) is 10.8 Å². The second-order valence-electron chi connectivity index (χ2n) is 3.30. The Morgan fingerprint density at radius 2 is 2.24 bits per heavy atom. The maximum absolute atomic E-state index is 11.9. The van der Waals surface area contributed by atoms with Gasteiger partial charge in [0.2, 0.25) is 0 Å². The summed E-state index contributed by atoms with van der Waals surface area (Å²) in [6, 6.07) is 7.06. The molecule has 3 nitrogen and oxygen atoms in total. The molecule has 1 aromatic heterocycles. The number of nitrogens with zero attached hydrogens (tertiary/aromatic N) is 2. The molecule has 0 fully saturated rings. The molecule has 2 aromatic rings. The number of hydrogen-bond donors (Lipinski definition) is 0. The molecule has 0 aliphatic rings. The van der Waals surface area contributed by atoms with E-state index in [0.717, 1.165) is 10.2 Å². The molecular formula is C11H9ClN2OS2. The molecule has 0 saturated carbocycles. The second-order valence-corrected chi connectivity index (χ2v) is 5.68. The van der Waals surface area contributed by atoms with Crippen molar-refractivity contribution in [1.29, 1.82) is 0 Å². The molecule has 17 heavy (non-hydrogen) atoms. The normalized spacial score (nSPS) is 10.5. The highest BCUT2D eigenvalue weighted by molar-refractivity contribution is 8.01. The van der Waals surface area contributed by atoms with Gasteiger partial charge in [0.15, 0.2) is 10.1 Å². The Balaban J connectivity index is 2.01. The first-order valence-electron chi connectivity index (χ1n) is 4.87. The largest absolute Gasteiger partial charge is 0.293 e. The second kappa shape index (κ2) is 5.62. The highest BCUT2D eigenvalue weighted by atomic mass is 35.5. The highest BCUT2D eigenvalue weighted by Gasteiger charge is 2.11. The first-order valence-corrected chi connectivity index (χ1v) is 7.01. The average Bonchev–Trinajstić information content (AvgIpc) is 2.73. The lowest BCUT2D eigenvalue weighted by atomic mass is 10.1. The number of carbonyl (C=O) groups is 1. The summed E-state index contributed by atoms with van der Waals surface area (Å²) in [5, 5.41) is 0.492. The Hall–Kier alpha value is -0.910. The van der Waals surface area contributed by atoms with Crippen molar-refractivity contribution in [2.24, 2.45) is 0 Å². The molecule has 88 valence electrons. The molecule has 1 aromatic carbocycles. The Morgan fingerprint density at radius 3 is 2.88 bits per heavy atom. The van der Waals surface area contributed by atoms with Crippen LogP contribution in [0.5, 0.6) is 0 Å². The van der Waals surface area contributed by atoms with Gasteiger partial charge >= 0.3 is 0 Å². The smallest absolute Gasteiger partial charge is 0.174 e. The van der Waals surface area contributed by atoms with E-state index in [-0.39, 0.29) is 5.78 Å². The number of halogens is 1. The Morgan fingerprint density at radius 1 is 1.47 bits per heavy atom. The fourth-order valence-electron chi connectivity index (χ4n) is 1.23. The third-order valence-electron chi connectivity index (χ3n) is 2.01. The van der Waals surface area contributed by atoms with Crippen molar-refractivity contribution in [3.63, 3.8) is 0 Å². The highest BCUT2D eigenvalue weighted by Crippen LogP contribution is 2.23. The molecule has 0 spiro atoms. The molecule has 2 rings (SSSR count). The van der Waals surface area contributed by atoms with E-state index in [1.54, 1.807) is 24.3 Å². The van der Waals surface area contributed by atoms with Crippen LogP contribution in [0.4, 0.5) is 0 Å². The number of ketones is 1. The maximum Gasteiger partial charge on any atom is 0.174 e. The molecule has 0 bridgehead atoms. The lowest BCUT2D eigenvalue weighted by molar-refractivity contribution is 0.102. The van der Waals surface area contributed by atoms with Crippen LogP contribution in [0, 0.1) is 6.92 Å². The van der Waals surface area contributed by atoms with Crippen LogP contribution in [0.2, 0.25) is 5.02 Å². The van der Waals surface area contributed by atoms with E-state index in [9.17, 15) is 4.79 Å². The van der Waals surface area contributed by atoms with Gasteiger partial charge in [-0.15, -0.1) is 0 Å². The van der Waals surface area contributed by atoms with Gasteiger partial charge in [0.25, 0.3) is 0 Å². The summed E-state index contributed by atoms with van der Waals surface area (Å²) in [6.45, 7) is 1.83. The summed E-state index contributed by atoms with van der Waals surface area (Å²) in [5.74, 6) is 1.08. The van der Waals surface area contributed by atoms with E-state index < -0.39 is 0 Å². The number of rotatable bonds is 4. The standard InChI is InChI=1S/C11H9ClN2OS2/c1-7-13-11(17-14-7)16-6-10(15)8-4-2-3-5-9(8)12/h2-5H,6H2,1H3. The van der Waals surface area contributed by atoms with E-state index in [1.165, 1.54) is 23.3 Å². The number of aromatic nitrogens is 2. The van der Waals surface area contributed by atoms with Gasteiger partial charge in [-0.1, -0.05) is 35.5 Å². The molecule has 6 heteroatoms. The topological polar surface area (TPSA) is 42.9 Å². The quantitative estimate of drug-likeness (QED) is 0.637. The Kier molecular flexibility index (Phi) is 4.15. The van der Waals surface area contributed by atoms with E-state index in [2.05, 4.69) is 9.36 Å². The number of aryl methyl sites for hydroxylation is 1. The molecule has 0 atom stereocenters. The van der Waals surface area contributed by atoms with Gasteiger partial charge in [0.1, 0.15) is 5.82 Å². The van der Waals surface area contributed by atoms with Crippen molar-refractivity contribution in [3.8, 4) is 0 Å². The summed E-state index contributed by atoms with van der Waals surface area (Å²) in [4.78, 5) is 16.1. The summed E-state index contributed by atoms with van der Waals surface area (Å²) >= 11 is 8.65. The number of thioether (sulfide) groups is 1. The maximum atomic E-state index is 11.9. The molecule has 0 N–H and O–H groups in total. The lowest BCUT2D eigenvalue weighted by Crippen LogP contribution is -2.02. The molecule has 0 aliphatic carbocycles. The van der Waals surface area contributed by atoms with E-state index >= 15 is 0 Å². The SMILES string of the molecule is Cc1nsc(SCC(=O)c2ccccc2Cl)n1. The summed E-state index contributed by atoms with van der Waals surface area (Å²) < 4.78 is 4.87. The summed E-state index contributed by atoms with van der Waals surface area (Å²) in [5.41, 5.74) is 0.558. The molecule has 0 saturated heterocycles. The molecule has 1 heterocycles. The number of Topliss-reactive ketones (excluding diaryl/α,β-unsaturated/α-hetero) is 1. The van der Waals surface area contributed by atoms with Crippen molar-refractivity contribution in [3.05, 3.63) is 40.7 Å². The van der Waals surface area contributed by atoms with Crippen molar-refractivity contribution < 1.29 is 4.79 Å². The van der Waals surface area contributed by atoms with Gasteiger partial charge in [-0.2, -0.15) is 4.37 Å². The van der Waals surface area contributed by atoms with Crippen LogP contribution in [0.25, 0.3) is 0 Å². The van der Waals surface area contributed by atoms with Gasteiger partial charge in [-0.05, 0) is 30.6 Å². The van der Waals surface area contributed by atoms with Gasteiger partial charge < -0.3 is 0 Å². The van der Waals surface area contributed by atoms with Crippen LogP contribution in [0.3, 0.4) is 0 Å². The van der Waals surface area contributed by atoms with Gasteiger partial charge in [-0.25, -0.2) is 4.98 Å². The molecule has 0 unspecified atom stereocenters. The first-order chi connectivity index (χ1) is 8.16. The number of carbonyl (C=O) groups excluding carboxylic acids is 1. The molecule has 0 radical (unpaired) electrons. The predicted molar refractivity (Wildman–Crippen MR) is 71.2 cm³/mol. The van der Waals surface area contributed by atoms with Crippen molar-refractivity contribution in [1.82, 2.24) is 9.36 Å². The average molecular weight is 285 g/mol. The van der Waals surface area contributed by atoms with Crippen molar-refractivity contribution in [2.75, 3.05) is 5.75 Å². The van der Waals surface area contributed by atoms with Crippen molar-refractivity contribution >= 4 is 40.7 Å². The van der Waals surface area contributed by atoms with Gasteiger partial charge in [-0.3, -0.25) is 4.79 Å². The van der Waals surface area contributed by atoms with Crippen LogP contribution in [0.15, 0.2) is 28.6 Å². The zero-order valence-corrected chi connectivity index (χ0v) is 11.4.